The Morgan fingerprint density at radius 2 is 2.00 bits per heavy atom. The lowest BCUT2D eigenvalue weighted by Crippen LogP contribution is -2.45. The minimum Gasteiger partial charge on any atom is -0.497 e. The minimum absolute atomic E-state index is 0.0100. The fourth-order valence-corrected chi connectivity index (χ4v) is 4.86. The number of hydrogen-bond acceptors (Lipinski definition) is 3. The van der Waals surface area contributed by atoms with E-state index in [0.29, 0.717) is 6.54 Å². The SMILES string of the molecule is COc1cccc(C2(CNC(=O)N3CCCC3c3ccncc3)CCCC2)c1. The second kappa shape index (κ2) is 8.21. The van der Waals surface area contributed by atoms with Crippen LogP contribution in [0.15, 0.2) is 48.8 Å². The predicted molar refractivity (Wildman–Crippen MR) is 109 cm³/mol. The van der Waals surface area contributed by atoms with Crippen LogP contribution in [0.1, 0.15) is 55.7 Å². The lowest BCUT2D eigenvalue weighted by molar-refractivity contribution is 0.189. The Hall–Kier alpha value is -2.56. The first kappa shape index (κ1) is 18.8. The molecule has 2 aliphatic rings. The van der Waals surface area contributed by atoms with Gasteiger partial charge in [0.1, 0.15) is 5.75 Å². The molecule has 5 nitrogen and oxygen atoms in total. The monoisotopic (exact) mass is 379 g/mol. The number of urea groups is 1. The normalized spacial score (nSPS) is 20.9. The highest BCUT2D eigenvalue weighted by Gasteiger charge is 2.37. The number of nitrogens with zero attached hydrogens (tertiary/aromatic N) is 2. The van der Waals surface area contributed by atoms with Gasteiger partial charge < -0.3 is 15.0 Å². The second-order valence-electron chi connectivity index (χ2n) is 8.01. The van der Waals surface area contributed by atoms with Crippen molar-refractivity contribution in [2.45, 2.75) is 50.0 Å². The molecule has 1 aliphatic carbocycles. The van der Waals surface area contributed by atoms with Crippen LogP contribution >= 0.6 is 0 Å². The zero-order valence-electron chi connectivity index (χ0n) is 16.6. The molecule has 1 N–H and O–H groups in total. The number of benzene rings is 1. The molecule has 0 spiro atoms. The standard InChI is InChI=1S/C23H29N3O2/c1-28-20-7-4-6-19(16-20)23(11-2-3-12-23)17-25-22(27)26-15-5-8-21(26)18-9-13-24-14-10-18/h4,6-7,9-10,13-14,16,21H,2-3,5,8,11-12,15,17H2,1H3,(H,25,27). The van der Waals surface area contributed by atoms with E-state index in [1.165, 1.54) is 24.0 Å². The number of hydrogen-bond donors (Lipinski definition) is 1. The van der Waals surface area contributed by atoms with Crippen LogP contribution in [0.5, 0.6) is 5.75 Å². The van der Waals surface area contributed by atoms with Gasteiger partial charge in [-0.05, 0) is 61.1 Å². The van der Waals surface area contributed by atoms with E-state index in [1.54, 1.807) is 19.5 Å². The Labute approximate surface area is 167 Å². The van der Waals surface area contributed by atoms with E-state index in [9.17, 15) is 4.79 Å². The third kappa shape index (κ3) is 3.71. The Bertz CT molecular complexity index is 803. The highest BCUT2D eigenvalue weighted by Crippen LogP contribution is 2.42. The predicted octanol–water partition coefficient (Wildman–Crippen LogP) is 4.45. The fourth-order valence-electron chi connectivity index (χ4n) is 4.86. The van der Waals surface area contributed by atoms with Crippen molar-refractivity contribution < 1.29 is 9.53 Å². The summed E-state index contributed by atoms with van der Waals surface area (Å²) in [5, 5.41) is 3.27. The molecule has 2 fully saturated rings. The van der Waals surface area contributed by atoms with Gasteiger partial charge >= 0.3 is 6.03 Å². The van der Waals surface area contributed by atoms with Crippen molar-refractivity contribution in [2.24, 2.45) is 0 Å². The number of carbonyl (C=O) groups is 1. The highest BCUT2D eigenvalue weighted by atomic mass is 16.5. The summed E-state index contributed by atoms with van der Waals surface area (Å²) in [7, 11) is 1.70. The Morgan fingerprint density at radius 3 is 2.75 bits per heavy atom. The molecule has 28 heavy (non-hydrogen) atoms. The zero-order valence-corrected chi connectivity index (χ0v) is 16.6. The summed E-state index contributed by atoms with van der Waals surface area (Å²) in [6.07, 6.45) is 10.3. The van der Waals surface area contributed by atoms with Gasteiger partial charge in [0.25, 0.3) is 0 Å². The molecule has 1 atom stereocenters. The van der Waals surface area contributed by atoms with Crippen LogP contribution in [0, 0.1) is 0 Å². The summed E-state index contributed by atoms with van der Waals surface area (Å²) in [5.74, 6) is 0.882. The van der Waals surface area contributed by atoms with Crippen molar-refractivity contribution in [1.82, 2.24) is 15.2 Å². The van der Waals surface area contributed by atoms with Crippen LogP contribution in [-0.2, 0) is 5.41 Å². The minimum atomic E-state index is 0.0100. The van der Waals surface area contributed by atoms with Gasteiger partial charge in [0, 0.05) is 30.9 Å². The summed E-state index contributed by atoms with van der Waals surface area (Å²) < 4.78 is 5.43. The Balaban J connectivity index is 1.48. The fraction of sp³-hybridized carbons (Fsp3) is 0.478. The Morgan fingerprint density at radius 1 is 1.21 bits per heavy atom. The summed E-state index contributed by atoms with van der Waals surface area (Å²) in [5.41, 5.74) is 2.46. The molecule has 0 radical (unpaired) electrons. The largest absolute Gasteiger partial charge is 0.497 e. The van der Waals surface area contributed by atoms with Crippen molar-refractivity contribution in [3.63, 3.8) is 0 Å². The molecule has 1 aromatic carbocycles. The molecular weight excluding hydrogens is 350 g/mol. The van der Waals surface area contributed by atoms with E-state index in [-0.39, 0.29) is 17.5 Å². The molecule has 5 heteroatoms. The molecule has 4 rings (SSSR count). The number of amides is 2. The third-order valence-corrected chi connectivity index (χ3v) is 6.43. The van der Waals surface area contributed by atoms with Crippen LogP contribution in [0.25, 0.3) is 0 Å². The van der Waals surface area contributed by atoms with Gasteiger partial charge in [0.15, 0.2) is 0 Å². The summed E-state index contributed by atoms with van der Waals surface area (Å²) in [4.78, 5) is 19.1. The first-order valence-electron chi connectivity index (χ1n) is 10.3. The van der Waals surface area contributed by atoms with Crippen molar-refractivity contribution in [1.29, 1.82) is 0 Å². The van der Waals surface area contributed by atoms with Gasteiger partial charge in [0.05, 0.1) is 13.2 Å². The second-order valence-corrected chi connectivity index (χ2v) is 8.01. The average molecular weight is 380 g/mol. The maximum absolute atomic E-state index is 13.1. The molecular formula is C23H29N3O2. The van der Waals surface area contributed by atoms with Crippen molar-refractivity contribution >= 4 is 6.03 Å². The first-order chi connectivity index (χ1) is 13.7. The molecule has 1 saturated heterocycles. The molecule has 2 heterocycles. The van der Waals surface area contributed by atoms with Gasteiger partial charge in [-0.2, -0.15) is 0 Å². The lowest BCUT2D eigenvalue weighted by Gasteiger charge is -2.32. The number of methoxy groups -OCH3 is 1. The Kier molecular flexibility index (Phi) is 5.51. The maximum Gasteiger partial charge on any atom is 0.317 e. The molecule has 1 aromatic heterocycles. The molecule has 1 saturated carbocycles. The smallest absolute Gasteiger partial charge is 0.317 e. The summed E-state index contributed by atoms with van der Waals surface area (Å²) in [6.45, 7) is 1.49. The third-order valence-electron chi connectivity index (χ3n) is 6.43. The lowest BCUT2D eigenvalue weighted by atomic mass is 9.78. The summed E-state index contributed by atoms with van der Waals surface area (Å²) in [6, 6.07) is 12.6. The average Bonchev–Trinajstić information content (AvgIpc) is 3.43. The van der Waals surface area contributed by atoms with E-state index in [2.05, 4.69) is 28.5 Å². The van der Waals surface area contributed by atoms with Crippen LogP contribution in [0.2, 0.25) is 0 Å². The van der Waals surface area contributed by atoms with Crippen LogP contribution in [-0.4, -0.2) is 36.1 Å². The van der Waals surface area contributed by atoms with Gasteiger partial charge in [-0.3, -0.25) is 4.98 Å². The number of rotatable bonds is 5. The molecule has 1 aliphatic heterocycles. The van der Waals surface area contributed by atoms with E-state index in [4.69, 9.17) is 4.74 Å². The zero-order chi connectivity index (χ0) is 19.4. The van der Waals surface area contributed by atoms with E-state index in [1.807, 2.05) is 23.1 Å². The number of pyridine rings is 1. The number of likely N-dealkylation sites (tertiary alicyclic amines) is 1. The van der Waals surface area contributed by atoms with Gasteiger partial charge in [-0.15, -0.1) is 0 Å². The molecule has 148 valence electrons. The van der Waals surface area contributed by atoms with Crippen molar-refractivity contribution in [3.05, 3.63) is 59.9 Å². The van der Waals surface area contributed by atoms with E-state index >= 15 is 0 Å². The van der Waals surface area contributed by atoms with Crippen molar-refractivity contribution in [3.8, 4) is 5.75 Å². The maximum atomic E-state index is 13.1. The summed E-state index contributed by atoms with van der Waals surface area (Å²) >= 11 is 0. The molecule has 0 bridgehead atoms. The van der Waals surface area contributed by atoms with E-state index in [0.717, 1.165) is 38.0 Å². The topological polar surface area (TPSA) is 54.5 Å². The number of carbonyl (C=O) groups excluding carboxylic acids is 1. The van der Waals surface area contributed by atoms with Crippen molar-refractivity contribution in [2.75, 3.05) is 20.2 Å². The first-order valence-corrected chi connectivity index (χ1v) is 10.3. The quantitative estimate of drug-likeness (QED) is 0.835. The molecule has 1 unspecified atom stereocenters. The molecule has 2 amide bonds. The number of aromatic nitrogens is 1. The van der Waals surface area contributed by atoms with Crippen LogP contribution < -0.4 is 10.1 Å². The van der Waals surface area contributed by atoms with Gasteiger partial charge in [-0.25, -0.2) is 4.79 Å². The van der Waals surface area contributed by atoms with Gasteiger partial charge in [-0.1, -0.05) is 25.0 Å². The van der Waals surface area contributed by atoms with E-state index < -0.39 is 0 Å². The number of ether oxygens (including phenoxy) is 1. The number of nitrogens with one attached hydrogen (secondary N) is 1. The van der Waals surface area contributed by atoms with Crippen LogP contribution in [0.4, 0.5) is 4.79 Å². The highest BCUT2D eigenvalue weighted by molar-refractivity contribution is 5.75. The van der Waals surface area contributed by atoms with Gasteiger partial charge in [0.2, 0.25) is 0 Å². The molecule has 2 aromatic rings. The van der Waals surface area contributed by atoms with Crippen LogP contribution in [0.3, 0.4) is 0 Å².